The molecule has 3 heterocycles. The van der Waals surface area contributed by atoms with E-state index in [-0.39, 0.29) is 12.1 Å². The first-order chi connectivity index (χ1) is 11.9. The quantitative estimate of drug-likeness (QED) is 0.841. The van der Waals surface area contributed by atoms with Crippen LogP contribution in [0, 0.1) is 0 Å². The van der Waals surface area contributed by atoms with Crippen molar-refractivity contribution in [3.63, 3.8) is 0 Å². The van der Waals surface area contributed by atoms with Gasteiger partial charge in [0.1, 0.15) is 11.3 Å². The topological polar surface area (TPSA) is 77.7 Å². The van der Waals surface area contributed by atoms with Crippen molar-refractivity contribution in [3.8, 4) is 17.1 Å². The standard InChI is InChI=1S/C18H23N3O4/c1-18(2,3)24-17(22)21-10-6-8-14(21)15-11-13(20-25-15)12-7-5-9-19-16(12)23-4/h5,7,9,11,14H,6,8,10H2,1-4H3/t14-/m0/s1. The van der Waals surface area contributed by atoms with Gasteiger partial charge in [-0.2, -0.15) is 0 Å². The van der Waals surface area contributed by atoms with Crippen molar-refractivity contribution in [3.05, 3.63) is 30.2 Å². The Balaban J connectivity index is 1.83. The molecule has 0 unspecified atom stereocenters. The summed E-state index contributed by atoms with van der Waals surface area (Å²) in [4.78, 5) is 18.3. The fraction of sp³-hybridized carbons (Fsp3) is 0.500. The molecule has 2 aromatic heterocycles. The normalized spacial score (nSPS) is 17.6. The van der Waals surface area contributed by atoms with E-state index in [9.17, 15) is 4.79 Å². The largest absolute Gasteiger partial charge is 0.481 e. The lowest BCUT2D eigenvalue weighted by Crippen LogP contribution is -2.36. The van der Waals surface area contributed by atoms with Gasteiger partial charge in [-0.3, -0.25) is 4.90 Å². The summed E-state index contributed by atoms with van der Waals surface area (Å²) < 4.78 is 16.3. The molecule has 2 aromatic rings. The van der Waals surface area contributed by atoms with Crippen LogP contribution in [0.2, 0.25) is 0 Å². The van der Waals surface area contributed by atoms with Crippen LogP contribution in [-0.4, -0.2) is 40.4 Å². The van der Waals surface area contributed by atoms with Crippen molar-refractivity contribution < 1.29 is 18.8 Å². The van der Waals surface area contributed by atoms with Crippen LogP contribution in [0.4, 0.5) is 4.79 Å². The molecule has 0 spiro atoms. The fourth-order valence-electron chi connectivity index (χ4n) is 2.92. The molecule has 7 heteroatoms. The number of carbonyl (C=O) groups excluding carboxylic acids is 1. The second-order valence-corrected chi connectivity index (χ2v) is 7.01. The molecule has 0 saturated carbocycles. The number of pyridine rings is 1. The summed E-state index contributed by atoms with van der Waals surface area (Å²) in [6.07, 6.45) is 3.05. The third-order valence-corrected chi connectivity index (χ3v) is 3.98. The van der Waals surface area contributed by atoms with Crippen molar-refractivity contribution in [2.75, 3.05) is 13.7 Å². The summed E-state index contributed by atoms with van der Waals surface area (Å²) in [5, 5.41) is 4.13. The molecular weight excluding hydrogens is 322 g/mol. The number of aromatic nitrogens is 2. The Morgan fingerprint density at radius 1 is 1.40 bits per heavy atom. The van der Waals surface area contributed by atoms with Crippen molar-refractivity contribution in [1.29, 1.82) is 0 Å². The molecule has 1 atom stereocenters. The van der Waals surface area contributed by atoms with E-state index in [1.165, 1.54) is 0 Å². The van der Waals surface area contributed by atoms with Gasteiger partial charge in [0.2, 0.25) is 5.88 Å². The van der Waals surface area contributed by atoms with Crippen LogP contribution in [0.3, 0.4) is 0 Å². The van der Waals surface area contributed by atoms with Gasteiger partial charge in [-0.1, -0.05) is 5.16 Å². The molecule has 134 valence electrons. The average molecular weight is 345 g/mol. The Bertz CT molecular complexity index is 751. The first kappa shape index (κ1) is 17.3. The molecule has 1 aliphatic heterocycles. The number of amides is 1. The maximum atomic E-state index is 12.4. The zero-order chi connectivity index (χ0) is 18.0. The Labute approximate surface area is 146 Å². The maximum Gasteiger partial charge on any atom is 0.410 e. The summed E-state index contributed by atoms with van der Waals surface area (Å²) >= 11 is 0. The average Bonchev–Trinajstić information content (AvgIpc) is 3.22. The third kappa shape index (κ3) is 3.75. The molecular formula is C18H23N3O4. The Morgan fingerprint density at radius 3 is 2.92 bits per heavy atom. The summed E-state index contributed by atoms with van der Waals surface area (Å²) in [5.74, 6) is 1.13. The molecule has 0 aliphatic carbocycles. The summed E-state index contributed by atoms with van der Waals surface area (Å²) in [5.41, 5.74) is 0.859. The van der Waals surface area contributed by atoms with Crippen LogP contribution >= 0.6 is 0 Å². The maximum absolute atomic E-state index is 12.4. The van der Waals surface area contributed by atoms with E-state index in [1.54, 1.807) is 18.2 Å². The molecule has 7 nitrogen and oxygen atoms in total. The monoisotopic (exact) mass is 345 g/mol. The lowest BCUT2D eigenvalue weighted by Gasteiger charge is -2.27. The number of ether oxygens (including phenoxy) is 2. The number of hydrogen-bond acceptors (Lipinski definition) is 6. The highest BCUT2D eigenvalue weighted by Crippen LogP contribution is 2.36. The number of hydrogen-bond donors (Lipinski definition) is 0. The molecule has 1 amide bonds. The molecule has 0 N–H and O–H groups in total. The van der Waals surface area contributed by atoms with Gasteiger partial charge in [0, 0.05) is 18.8 Å². The van der Waals surface area contributed by atoms with Crippen LogP contribution < -0.4 is 4.74 Å². The molecule has 0 radical (unpaired) electrons. The van der Waals surface area contributed by atoms with E-state index in [1.807, 2.05) is 39.0 Å². The van der Waals surface area contributed by atoms with Crippen LogP contribution in [0.15, 0.2) is 28.9 Å². The van der Waals surface area contributed by atoms with Crippen LogP contribution in [-0.2, 0) is 4.74 Å². The predicted molar refractivity (Wildman–Crippen MR) is 91.2 cm³/mol. The molecule has 0 bridgehead atoms. The first-order valence-corrected chi connectivity index (χ1v) is 8.34. The Kier molecular flexibility index (Phi) is 4.65. The lowest BCUT2D eigenvalue weighted by molar-refractivity contribution is 0.0204. The lowest BCUT2D eigenvalue weighted by atomic mass is 10.1. The third-order valence-electron chi connectivity index (χ3n) is 3.98. The highest BCUT2D eigenvalue weighted by Gasteiger charge is 2.35. The number of methoxy groups -OCH3 is 1. The van der Waals surface area contributed by atoms with Crippen LogP contribution in [0.1, 0.15) is 45.4 Å². The van der Waals surface area contributed by atoms with Gasteiger partial charge in [-0.05, 0) is 45.7 Å². The summed E-state index contributed by atoms with van der Waals surface area (Å²) in [7, 11) is 1.56. The van der Waals surface area contributed by atoms with E-state index in [0.717, 1.165) is 18.4 Å². The fourth-order valence-corrected chi connectivity index (χ4v) is 2.92. The molecule has 1 fully saturated rings. The van der Waals surface area contributed by atoms with Gasteiger partial charge < -0.3 is 14.0 Å². The molecule has 3 rings (SSSR count). The number of likely N-dealkylation sites (tertiary alicyclic amines) is 1. The number of carbonyl (C=O) groups is 1. The van der Waals surface area contributed by atoms with Gasteiger partial charge in [-0.25, -0.2) is 9.78 Å². The van der Waals surface area contributed by atoms with Crippen molar-refractivity contribution in [2.24, 2.45) is 0 Å². The van der Waals surface area contributed by atoms with Crippen molar-refractivity contribution in [1.82, 2.24) is 15.0 Å². The van der Waals surface area contributed by atoms with E-state index in [0.29, 0.717) is 23.9 Å². The first-order valence-electron chi connectivity index (χ1n) is 8.34. The van der Waals surface area contributed by atoms with Gasteiger partial charge in [0.25, 0.3) is 0 Å². The molecule has 0 aromatic carbocycles. The second kappa shape index (κ2) is 6.74. The summed E-state index contributed by atoms with van der Waals surface area (Å²) in [6, 6.07) is 5.36. The Hall–Kier alpha value is -2.57. The van der Waals surface area contributed by atoms with Crippen molar-refractivity contribution >= 4 is 6.09 Å². The molecule has 1 saturated heterocycles. The van der Waals surface area contributed by atoms with E-state index < -0.39 is 5.60 Å². The smallest absolute Gasteiger partial charge is 0.410 e. The second-order valence-electron chi connectivity index (χ2n) is 7.01. The number of nitrogens with zero attached hydrogens (tertiary/aromatic N) is 3. The number of rotatable bonds is 3. The van der Waals surface area contributed by atoms with Crippen LogP contribution in [0.5, 0.6) is 5.88 Å². The minimum Gasteiger partial charge on any atom is -0.481 e. The van der Waals surface area contributed by atoms with Crippen LogP contribution in [0.25, 0.3) is 11.3 Å². The molecule has 25 heavy (non-hydrogen) atoms. The highest BCUT2D eigenvalue weighted by atomic mass is 16.6. The zero-order valence-electron chi connectivity index (χ0n) is 15.0. The SMILES string of the molecule is COc1ncccc1-c1cc([C@@H]2CCCN2C(=O)OC(C)(C)C)on1. The minimum atomic E-state index is -0.528. The zero-order valence-corrected chi connectivity index (χ0v) is 15.0. The Morgan fingerprint density at radius 2 is 2.20 bits per heavy atom. The summed E-state index contributed by atoms with van der Waals surface area (Å²) in [6.45, 7) is 6.22. The highest BCUT2D eigenvalue weighted by molar-refractivity contribution is 5.69. The van der Waals surface area contributed by atoms with Gasteiger partial charge in [0.15, 0.2) is 5.76 Å². The van der Waals surface area contributed by atoms with Gasteiger partial charge in [-0.15, -0.1) is 0 Å². The van der Waals surface area contributed by atoms with E-state index in [2.05, 4.69) is 10.1 Å². The van der Waals surface area contributed by atoms with Crippen molar-refractivity contribution in [2.45, 2.75) is 45.3 Å². The molecule has 1 aliphatic rings. The van der Waals surface area contributed by atoms with Gasteiger partial charge >= 0.3 is 6.09 Å². The van der Waals surface area contributed by atoms with E-state index >= 15 is 0 Å². The van der Waals surface area contributed by atoms with Gasteiger partial charge in [0.05, 0.1) is 18.7 Å². The predicted octanol–water partition coefficient (Wildman–Crippen LogP) is 3.82. The minimum absolute atomic E-state index is 0.168. The van der Waals surface area contributed by atoms with E-state index in [4.69, 9.17) is 14.0 Å².